The van der Waals surface area contributed by atoms with Crippen LogP contribution in [0.25, 0.3) is 0 Å². The van der Waals surface area contributed by atoms with Crippen molar-refractivity contribution in [3.63, 3.8) is 0 Å². The average molecular weight is 332 g/mol. The van der Waals surface area contributed by atoms with Gasteiger partial charge in [-0.2, -0.15) is 0 Å². The van der Waals surface area contributed by atoms with Gasteiger partial charge >= 0.3 is 11.9 Å². The molecule has 24 heavy (non-hydrogen) atoms. The normalized spacial score (nSPS) is 14.5. The van der Waals surface area contributed by atoms with Gasteiger partial charge in [-0.15, -0.1) is 0 Å². The average Bonchev–Trinajstić information content (AvgIpc) is 2.59. The molecule has 0 aliphatic carbocycles. The van der Waals surface area contributed by atoms with Crippen molar-refractivity contribution in [1.82, 2.24) is 4.90 Å². The summed E-state index contributed by atoms with van der Waals surface area (Å²) in [4.78, 5) is 36.1. The number of nitrogens with zero attached hydrogens (tertiary/aromatic N) is 2. The van der Waals surface area contributed by atoms with Gasteiger partial charge in [-0.3, -0.25) is 10.1 Å². The summed E-state index contributed by atoms with van der Waals surface area (Å²) >= 11 is 0. The molecular weight excluding hydrogens is 316 g/mol. The van der Waals surface area contributed by atoms with E-state index in [1.807, 2.05) is 0 Å². The van der Waals surface area contributed by atoms with Crippen molar-refractivity contribution < 1.29 is 24.0 Å². The highest BCUT2D eigenvalue weighted by molar-refractivity contribution is 5.98. The number of hydrogen-bond acceptors (Lipinski definition) is 7. The highest BCUT2D eigenvalue weighted by atomic mass is 16.6. The number of non-ortho nitro benzene ring substituents is 1. The van der Waals surface area contributed by atoms with E-state index in [1.165, 1.54) is 38.5 Å². The van der Waals surface area contributed by atoms with Crippen molar-refractivity contribution in [2.45, 2.75) is 5.92 Å². The lowest BCUT2D eigenvalue weighted by molar-refractivity contribution is -0.384. The fourth-order valence-electron chi connectivity index (χ4n) is 2.52. The number of carbonyl (C=O) groups excluding carboxylic acids is 2. The molecule has 0 atom stereocenters. The van der Waals surface area contributed by atoms with Crippen LogP contribution in [0.4, 0.5) is 5.69 Å². The smallest absolute Gasteiger partial charge is 0.336 e. The molecule has 0 unspecified atom stereocenters. The zero-order chi connectivity index (χ0) is 17.9. The Morgan fingerprint density at radius 3 is 1.88 bits per heavy atom. The number of carbonyl (C=O) groups is 2. The van der Waals surface area contributed by atoms with Crippen molar-refractivity contribution in [3.8, 4) is 0 Å². The maximum absolute atomic E-state index is 12.1. The standard InChI is InChI=1S/C16H16N2O6/c1-17-8-12(15(19)23-2)14(13(9-17)16(20)24-3)10-4-6-11(7-5-10)18(21)22/h4-9,14H,1-3H3. The SMILES string of the molecule is COC(=O)C1=CN(C)C=C(C(=O)OC)C1c1ccc([N+](=O)[O-])cc1. The molecule has 1 aromatic rings. The van der Waals surface area contributed by atoms with E-state index in [9.17, 15) is 19.7 Å². The molecule has 0 spiro atoms. The van der Waals surface area contributed by atoms with Crippen LogP contribution in [0.2, 0.25) is 0 Å². The maximum atomic E-state index is 12.1. The molecular formula is C16H16N2O6. The molecule has 0 amide bonds. The number of hydrogen-bond donors (Lipinski definition) is 0. The fourth-order valence-corrected chi connectivity index (χ4v) is 2.52. The molecule has 0 saturated carbocycles. The molecule has 1 heterocycles. The second-order valence-electron chi connectivity index (χ2n) is 5.10. The summed E-state index contributed by atoms with van der Waals surface area (Å²) in [5.74, 6) is -1.93. The summed E-state index contributed by atoms with van der Waals surface area (Å²) < 4.78 is 9.58. The van der Waals surface area contributed by atoms with Gasteiger partial charge in [0.25, 0.3) is 5.69 Å². The third kappa shape index (κ3) is 3.27. The molecule has 2 rings (SSSR count). The van der Waals surface area contributed by atoms with Crippen LogP contribution < -0.4 is 0 Å². The summed E-state index contributed by atoms with van der Waals surface area (Å²) in [6, 6.07) is 5.64. The minimum atomic E-state index is -0.734. The fraction of sp³-hybridized carbons (Fsp3) is 0.250. The Morgan fingerprint density at radius 1 is 1.04 bits per heavy atom. The number of nitro benzene ring substituents is 1. The van der Waals surface area contributed by atoms with Gasteiger partial charge in [-0.1, -0.05) is 12.1 Å². The van der Waals surface area contributed by atoms with Crippen molar-refractivity contribution in [2.75, 3.05) is 21.3 Å². The van der Waals surface area contributed by atoms with Crippen molar-refractivity contribution in [3.05, 3.63) is 63.5 Å². The van der Waals surface area contributed by atoms with E-state index in [-0.39, 0.29) is 16.8 Å². The minimum Gasteiger partial charge on any atom is -0.466 e. The summed E-state index contributed by atoms with van der Waals surface area (Å²) in [7, 11) is 4.15. The third-order valence-electron chi connectivity index (χ3n) is 3.59. The Hall–Kier alpha value is -3.16. The highest BCUT2D eigenvalue weighted by Gasteiger charge is 2.34. The molecule has 0 fully saturated rings. The number of esters is 2. The van der Waals surface area contributed by atoms with Gasteiger partial charge in [0.15, 0.2) is 0 Å². The van der Waals surface area contributed by atoms with Crippen LogP contribution in [-0.2, 0) is 19.1 Å². The van der Waals surface area contributed by atoms with E-state index in [0.717, 1.165) is 0 Å². The largest absolute Gasteiger partial charge is 0.466 e. The second-order valence-corrected chi connectivity index (χ2v) is 5.10. The molecule has 0 bridgehead atoms. The van der Waals surface area contributed by atoms with E-state index >= 15 is 0 Å². The van der Waals surface area contributed by atoms with Gasteiger partial charge in [0.2, 0.25) is 0 Å². The van der Waals surface area contributed by atoms with Crippen LogP contribution >= 0.6 is 0 Å². The van der Waals surface area contributed by atoms with Gasteiger partial charge < -0.3 is 14.4 Å². The maximum Gasteiger partial charge on any atom is 0.336 e. The lowest BCUT2D eigenvalue weighted by atomic mass is 9.83. The predicted octanol–water partition coefficient (Wildman–Crippen LogP) is 1.74. The van der Waals surface area contributed by atoms with Crippen LogP contribution in [0.15, 0.2) is 47.8 Å². The monoisotopic (exact) mass is 332 g/mol. The molecule has 0 radical (unpaired) electrons. The topological polar surface area (TPSA) is 99.0 Å². The lowest BCUT2D eigenvalue weighted by Gasteiger charge is -2.27. The van der Waals surface area contributed by atoms with Crippen LogP contribution in [0.3, 0.4) is 0 Å². The Bertz CT molecular complexity index is 701. The van der Waals surface area contributed by atoms with Crippen molar-refractivity contribution >= 4 is 17.6 Å². The molecule has 0 N–H and O–H groups in total. The first-order valence-corrected chi connectivity index (χ1v) is 6.95. The van der Waals surface area contributed by atoms with Gasteiger partial charge in [0.1, 0.15) is 0 Å². The van der Waals surface area contributed by atoms with Gasteiger partial charge in [0.05, 0.1) is 36.2 Å². The van der Waals surface area contributed by atoms with Crippen LogP contribution in [0.5, 0.6) is 0 Å². The van der Waals surface area contributed by atoms with Crippen LogP contribution in [0, 0.1) is 10.1 Å². The van der Waals surface area contributed by atoms with E-state index in [2.05, 4.69) is 0 Å². The molecule has 1 aromatic carbocycles. The van der Waals surface area contributed by atoms with Crippen molar-refractivity contribution in [2.24, 2.45) is 0 Å². The molecule has 0 aromatic heterocycles. The van der Waals surface area contributed by atoms with Gasteiger partial charge in [-0.05, 0) is 5.56 Å². The minimum absolute atomic E-state index is 0.0844. The number of rotatable bonds is 4. The molecule has 1 aliphatic rings. The number of benzene rings is 1. The summed E-state index contributed by atoms with van der Waals surface area (Å²) in [5.41, 5.74) is 0.925. The molecule has 126 valence electrons. The molecule has 0 saturated heterocycles. The first-order valence-electron chi connectivity index (χ1n) is 6.95. The number of methoxy groups -OCH3 is 2. The molecule has 1 aliphatic heterocycles. The van der Waals surface area contributed by atoms with Gasteiger partial charge in [-0.25, -0.2) is 9.59 Å². The zero-order valence-electron chi connectivity index (χ0n) is 13.4. The summed E-state index contributed by atoms with van der Waals surface area (Å²) in [5, 5.41) is 10.8. The summed E-state index contributed by atoms with van der Waals surface area (Å²) in [6.07, 6.45) is 3.09. The van der Waals surface area contributed by atoms with Crippen molar-refractivity contribution in [1.29, 1.82) is 0 Å². The van der Waals surface area contributed by atoms with E-state index in [0.29, 0.717) is 5.56 Å². The first-order chi connectivity index (χ1) is 11.4. The molecule has 8 nitrogen and oxygen atoms in total. The molecule has 8 heteroatoms. The Labute approximate surface area is 138 Å². The van der Waals surface area contributed by atoms with E-state index < -0.39 is 22.8 Å². The highest BCUT2D eigenvalue weighted by Crippen LogP contribution is 2.37. The van der Waals surface area contributed by atoms with Crippen LogP contribution in [-0.4, -0.2) is 43.0 Å². The lowest BCUT2D eigenvalue weighted by Crippen LogP contribution is -2.27. The number of ether oxygens (including phenoxy) is 2. The van der Waals surface area contributed by atoms with Gasteiger partial charge in [0, 0.05) is 31.6 Å². The van der Waals surface area contributed by atoms with Crippen LogP contribution in [0.1, 0.15) is 11.5 Å². The second kappa shape index (κ2) is 6.95. The van der Waals surface area contributed by atoms with E-state index in [1.54, 1.807) is 24.3 Å². The third-order valence-corrected chi connectivity index (χ3v) is 3.59. The van der Waals surface area contributed by atoms with E-state index in [4.69, 9.17) is 9.47 Å². The Morgan fingerprint density at radius 2 is 1.50 bits per heavy atom. The summed E-state index contributed by atoms with van der Waals surface area (Å²) in [6.45, 7) is 0. The predicted molar refractivity (Wildman–Crippen MR) is 83.8 cm³/mol. The number of nitro groups is 1. The Balaban J connectivity index is 2.54. The Kier molecular flexibility index (Phi) is 4.98. The quantitative estimate of drug-likeness (QED) is 0.470. The zero-order valence-corrected chi connectivity index (χ0v) is 13.4. The first kappa shape index (κ1) is 17.2.